The van der Waals surface area contributed by atoms with Crippen molar-refractivity contribution < 1.29 is 13.9 Å². The highest BCUT2D eigenvalue weighted by Crippen LogP contribution is 2.19. The fourth-order valence-electron chi connectivity index (χ4n) is 3.80. The summed E-state index contributed by atoms with van der Waals surface area (Å²) in [6.45, 7) is 2.14. The van der Waals surface area contributed by atoms with Crippen LogP contribution in [-0.4, -0.2) is 41.4 Å². The SMILES string of the molecule is COc1ccc2cc(CN(Cc3ccc(F)cc3)C(=S)NCC3CCCO3)c(=O)[nH]c2c1. The van der Waals surface area contributed by atoms with Crippen molar-refractivity contribution in [3.05, 3.63) is 75.8 Å². The fraction of sp³-hybridized carbons (Fsp3) is 0.333. The number of hydrogen-bond acceptors (Lipinski definition) is 4. The molecule has 32 heavy (non-hydrogen) atoms. The van der Waals surface area contributed by atoms with Crippen LogP contribution in [0.5, 0.6) is 5.75 Å². The van der Waals surface area contributed by atoms with E-state index in [1.54, 1.807) is 25.3 Å². The molecule has 2 N–H and O–H groups in total. The van der Waals surface area contributed by atoms with Gasteiger partial charge in [-0.25, -0.2) is 4.39 Å². The summed E-state index contributed by atoms with van der Waals surface area (Å²) < 4.78 is 24.3. The van der Waals surface area contributed by atoms with Crippen LogP contribution in [0.3, 0.4) is 0 Å². The van der Waals surface area contributed by atoms with Crippen LogP contribution < -0.4 is 15.6 Å². The van der Waals surface area contributed by atoms with Crippen molar-refractivity contribution in [3.8, 4) is 5.75 Å². The Balaban J connectivity index is 1.56. The average molecular weight is 456 g/mol. The summed E-state index contributed by atoms with van der Waals surface area (Å²) in [6.07, 6.45) is 2.19. The van der Waals surface area contributed by atoms with E-state index in [9.17, 15) is 9.18 Å². The topological polar surface area (TPSA) is 66.6 Å². The van der Waals surface area contributed by atoms with Crippen LogP contribution in [0.1, 0.15) is 24.0 Å². The Morgan fingerprint density at radius 3 is 2.78 bits per heavy atom. The zero-order valence-electron chi connectivity index (χ0n) is 17.9. The minimum Gasteiger partial charge on any atom is -0.497 e. The zero-order chi connectivity index (χ0) is 22.5. The molecule has 2 heterocycles. The normalized spacial score (nSPS) is 15.6. The maximum Gasteiger partial charge on any atom is 0.253 e. The Labute approximate surface area is 191 Å². The van der Waals surface area contributed by atoms with E-state index >= 15 is 0 Å². The van der Waals surface area contributed by atoms with Gasteiger partial charge in [0.1, 0.15) is 11.6 Å². The second kappa shape index (κ2) is 10.1. The van der Waals surface area contributed by atoms with Crippen LogP contribution in [-0.2, 0) is 17.8 Å². The Bertz CT molecular complexity index is 1140. The molecule has 168 valence electrons. The molecule has 1 aromatic heterocycles. The summed E-state index contributed by atoms with van der Waals surface area (Å²) in [5, 5.41) is 4.71. The molecule has 4 rings (SSSR count). The number of thiocarbonyl (C=S) groups is 1. The lowest BCUT2D eigenvalue weighted by Gasteiger charge is -2.27. The molecule has 0 saturated carbocycles. The summed E-state index contributed by atoms with van der Waals surface area (Å²) in [4.78, 5) is 17.6. The van der Waals surface area contributed by atoms with Gasteiger partial charge in [0.05, 0.1) is 25.3 Å². The van der Waals surface area contributed by atoms with Crippen LogP contribution in [0, 0.1) is 5.82 Å². The Morgan fingerprint density at radius 1 is 1.25 bits per heavy atom. The molecule has 0 radical (unpaired) electrons. The Hall–Kier alpha value is -2.97. The lowest BCUT2D eigenvalue weighted by Crippen LogP contribution is -2.42. The van der Waals surface area contributed by atoms with E-state index in [1.165, 1.54) is 12.1 Å². The van der Waals surface area contributed by atoms with E-state index in [4.69, 9.17) is 21.7 Å². The van der Waals surface area contributed by atoms with Gasteiger partial charge in [0.2, 0.25) is 0 Å². The van der Waals surface area contributed by atoms with Crippen molar-refractivity contribution in [2.24, 2.45) is 0 Å². The maximum atomic E-state index is 13.4. The molecule has 1 unspecified atom stereocenters. The number of hydrogen-bond donors (Lipinski definition) is 2. The number of rotatable bonds is 7. The monoisotopic (exact) mass is 455 g/mol. The minimum atomic E-state index is -0.291. The maximum absolute atomic E-state index is 13.4. The lowest BCUT2D eigenvalue weighted by molar-refractivity contribution is 0.113. The number of methoxy groups -OCH3 is 1. The largest absolute Gasteiger partial charge is 0.497 e. The van der Waals surface area contributed by atoms with Crippen LogP contribution in [0.2, 0.25) is 0 Å². The first-order valence-corrected chi connectivity index (χ1v) is 11.0. The van der Waals surface area contributed by atoms with Gasteiger partial charge in [-0.05, 0) is 66.3 Å². The van der Waals surface area contributed by atoms with E-state index in [2.05, 4.69) is 10.3 Å². The van der Waals surface area contributed by atoms with Crippen molar-refractivity contribution in [2.75, 3.05) is 20.3 Å². The number of halogens is 1. The van der Waals surface area contributed by atoms with E-state index in [0.29, 0.717) is 41.6 Å². The molecule has 0 amide bonds. The van der Waals surface area contributed by atoms with Gasteiger partial charge in [-0.15, -0.1) is 0 Å². The Morgan fingerprint density at radius 2 is 2.06 bits per heavy atom. The molecule has 0 aliphatic carbocycles. The number of benzene rings is 2. The molecule has 0 bridgehead atoms. The quantitative estimate of drug-likeness (QED) is 0.530. The Kier molecular flexibility index (Phi) is 7.02. The molecular formula is C24H26FN3O3S. The van der Waals surface area contributed by atoms with Crippen molar-refractivity contribution in [1.82, 2.24) is 15.2 Å². The molecule has 1 fully saturated rings. The third-order valence-electron chi connectivity index (χ3n) is 5.57. The van der Waals surface area contributed by atoms with E-state index < -0.39 is 0 Å². The first-order chi connectivity index (χ1) is 15.5. The second-order valence-electron chi connectivity index (χ2n) is 7.88. The minimum absolute atomic E-state index is 0.139. The highest BCUT2D eigenvalue weighted by molar-refractivity contribution is 7.80. The predicted molar refractivity (Wildman–Crippen MR) is 126 cm³/mol. The first kappa shape index (κ1) is 22.2. The van der Waals surface area contributed by atoms with Gasteiger partial charge >= 0.3 is 0 Å². The third-order valence-corrected chi connectivity index (χ3v) is 5.97. The van der Waals surface area contributed by atoms with Gasteiger partial charge in [-0.1, -0.05) is 12.1 Å². The van der Waals surface area contributed by atoms with Crippen molar-refractivity contribution >= 4 is 28.2 Å². The number of aromatic amines is 1. The van der Waals surface area contributed by atoms with Crippen LogP contribution in [0.25, 0.3) is 10.9 Å². The molecule has 2 aromatic carbocycles. The average Bonchev–Trinajstić information content (AvgIpc) is 3.32. The van der Waals surface area contributed by atoms with Crippen LogP contribution in [0.4, 0.5) is 4.39 Å². The van der Waals surface area contributed by atoms with Crippen LogP contribution in [0.15, 0.2) is 53.3 Å². The van der Waals surface area contributed by atoms with Gasteiger partial charge in [0.25, 0.3) is 5.56 Å². The molecule has 8 heteroatoms. The molecule has 1 atom stereocenters. The number of pyridine rings is 1. The molecular weight excluding hydrogens is 429 g/mol. The molecule has 3 aromatic rings. The van der Waals surface area contributed by atoms with Gasteiger partial charge in [0, 0.05) is 31.3 Å². The van der Waals surface area contributed by atoms with E-state index in [0.717, 1.165) is 30.4 Å². The number of nitrogens with one attached hydrogen (secondary N) is 2. The van der Waals surface area contributed by atoms with Gasteiger partial charge in [-0.2, -0.15) is 0 Å². The molecule has 1 aliphatic heterocycles. The number of ether oxygens (including phenoxy) is 2. The van der Waals surface area contributed by atoms with E-state index in [-0.39, 0.29) is 17.5 Å². The molecule has 0 spiro atoms. The standard InChI is InChI=1S/C24H26FN3O3S/c1-30-20-9-6-17-11-18(23(29)27-22(17)12-20)15-28(14-16-4-7-19(25)8-5-16)24(32)26-13-21-3-2-10-31-21/h4-9,11-12,21H,2-3,10,13-15H2,1H3,(H,26,32)(H,27,29). The van der Waals surface area contributed by atoms with Gasteiger partial charge in [-0.3, -0.25) is 4.79 Å². The summed E-state index contributed by atoms with van der Waals surface area (Å²) >= 11 is 5.66. The van der Waals surface area contributed by atoms with Crippen molar-refractivity contribution in [1.29, 1.82) is 0 Å². The highest BCUT2D eigenvalue weighted by atomic mass is 32.1. The number of nitrogens with zero attached hydrogens (tertiary/aromatic N) is 1. The summed E-state index contributed by atoms with van der Waals surface area (Å²) in [5.74, 6) is 0.388. The van der Waals surface area contributed by atoms with Crippen molar-refractivity contribution in [2.45, 2.75) is 32.0 Å². The molecule has 1 saturated heterocycles. The second-order valence-corrected chi connectivity index (χ2v) is 8.27. The van der Waals surface area contributed by atoms with E-state index in [1.807, 2.05) is 23.1 Å². The predicted octanol–water partition coefficient (Wildman–Crippen LogP) is 3.73. The number of aromatic nitrogens is 1. The number of H-pyrrole nitrogens is 1. The summed E-state index contributed by atoms with van der Waals surface area (Å²) in [7, 11) is 1.59. The zero-order valence-corrected chi connectivity index (χ0v) is 18.7. The third kappa shape index (κ3) is 5.44. The first-order valence-electron chi connectivity index (χ1n) is 10.6. The number of fused-ring (bicyclic) bond motifs is 1. The molecule has 1 aliphatic rings. The summed E-state index contributed by atoms with van der Waals surface area (Å²) in [5.41, 5.74) is 2.01. The fourth-order valence-corrected chi connectivity index (χ4v) is 4.02. The lowest BCUT2D eigenvalue weighted by atomic mass is 10.1. The van der Waals surface area contributed by atoms with Gasteiger partial charge in [0.15, 0.2) is 5.11 Å². The van der Waals surface area contributed by atoms with Crippen molar-refractivity contribution in [3.63, 3.8) is 0 Å². The smallest absolute Gasteiger partial charge is 0.253 e. The van der Waals surface area contributed by atoms with Crippen LogP contribution >= 0.6 is 12.2 Å². The molecule has 6 nitrogen and oxygen atoms in total. The summed E-state index contributed by atoms with van der Waals surface area (Å²) in [6, 6.07) is 13.7. The van der Waals surface area contributed by atoms with Gasteiger partial charge < -0.3 is 24.7 Å². The highest BCUT2D eigenvalue weighted by Gasteiger charge is 2.18.